The third-order valence-electron chi connectivity index (χ3n) is 11.2. The summed E-state index contributed by atoms with van der Waals surface area (Å²) in [6.45, 7) is 3.89. The van der Waals surface area contributed by atoms with Crippen molar-refractivity contribution in [1.29, 1.82) is 0 Å². The Bertz CT molecular complexity index is 2610. The van der Waals surface area contributed by atoms with E-state index in [1.165, 1.54) is 10.6 Å². The van der Waals surface area contributed by atoms with Gasteiger partial charge in [-0.1, -0.05) is 110 Å². The number of benzene rings is 3. The molecular weight excluding hydrogens is 865 g/mol. The number of aromatic nitrogens is 4. The van der Waals surface area contributed by atoms with Gasteiger partial charge >= 0.3 is 0 Å². The van der Waals surface area contributed by atoms with Gasteiger partial charge in [0.05, 0.1) is 35.4 Å². The van der Waals surface area contributed by atoms with Crippen molar-refractivity contribution in [3.8, 4) is 0 Å². The number of rotatable bonds is 12. The molecule has 16 nitrogen and oxygen atoms in total. The Balaban J connectivity index is 0.000000156. The van der Waals surface area contributed by atoms with E-state index >= 15 is 0 Å². The summed E-state index contributed by atoms with van der Waals surface area (Å²) < 4.78 is 85.4. The Morgan fingerprint density at radius 3 is 1.51 bits per heavy atom. The van der Waals surface area contributed by atoms with Crippen LogP contribution in [0, 0.1) is 6.92 Å². The second-order valence-corrected chi connectivity index (χ2v) is 21.4. The zero-order valence-electron chi connectivity index (χ0n) is 34.5. The van der Waals surface area contributed by atoms with Crippen molar-refractivity contribution in [2.45, 2.75) is 88.3 Å². The van der Waals surface area contributed by atoms with Crippen molar-refractivity contribution in [3.63, 3.8) is 0 Å². The minimum absolute atomic E-state index is 0. The Labute approximate surface area is 370 Å². The number of H-pyrrole nitrogens is 1. The van der Waals surface area contributed by atoms with E-state index in [4.69, 9.17) is 4.52 Å². The second-order valence-electron chi connectivity index (χ2n) is 15.6. The van der Waals surface area contributed by atoms with Gasteiger partial charge in [0.2, 0.25) is 36.0 Å². The van der Waals surface area contributed by atoms with Gasteiger partial charge in [0, 0.05) is 37.8 Å². The fourth-order valence-corrected chi connectivity index (χ4v) is 13.7. The molecule has 4 aliphatic heterocycles. The highest BCUT2D eigenvalue weighted by Crippen LogP contribution is 2.36. The van der Waals surface area contributed by atoms with Gasteiger partial charge < -0.3 is 9.84 Å². The van der Waals surface area contributed by atoms with Crippen LogP contribution in [0.2, 0.25) is 0 Å². The summed E-state index contributed by atoms with van der Waals surface area (Å²) in [7, 11) is -10.1. The van der Waals surface area contributed by atoms with Crippen molar-refractivity contribution in [3.05, 3.63) is 149 Å². The van der Waals surface area contributed by atoms with Gasteiger partial charge in [-0.25, -0.2) is 30.2 Å². The normalized spacial score (nSPS) is 20.8. The molecule has 3 unspecified atom stereocenters. The average molecular weight is 921 g/mol. The van der Waals surface area contributed by atoms with Crippen LogP contribution in [0.4, 0.5) is 0 Å². The van der Waals surface area contributed by atoms with Crippen LogP contribution in [0.25, 0.3) is 0 Å². The molecule has 3 saturated heterocycles. The van der Waals surface area contributed by atoms with Gasteiger partial charge in [-0.3, -0.25) is 9.89 Å². The number of carbonyl (C=O) groups is 1. The first kappa shape index (κ1) is 47.4. The predicted octanol–water partition coefficient (Wildman–Crippen LogP) is 5.79. The molecule has 1 amide bonds. The molecule has 5 aromatic rings. The summed E-state index contributed by atoms with van der Waals surface area (Å²) in [5.74, 6) is 1.23. The molecule has 2 N–H and O–H groups in total. The fourth-order valence-electron chi connectivity index (χ4n) is 8.36. The molecule has 19 heteroatoms. The zero-order chi connectivity index (χ0) is 43.7. The number of hydrogen-bond acceptors (Lipinski definition) is 11. The second kappa shape index (κ2) is 21.1. The molecule has 63 heavy (non-hydrogen) atoms. The van der Waals surface area contributed by atoms with Crippen molar-refractivity contribution >= 4 is 36.0 Å². The lowest BCUT2D eigenvalue weighted by molar-refractivity contribution is -0.117. The van der Waals surface area contributed by atoms with Crippen molar-refractivity contribution in [1.82, 2.24) is 38.6 Å². The molecule has 4 aliphatic rings. The van der Waals surface area contributed by atoms with E-state index in [1.807, 2.05) is 110 Å². The number of aryl methyl sites for hydroxylation is 1. The van der Waals surface area contributed by atoms with E-state index in [-0.39, 0.29) is 48.7 Å². The number of nitrogens with one attached hydrogen (secondary N) is 2. The number of amides is 1. The number of sulfonamides is 3. The lowest BCUT2D eigenvalue weighted by Gasteiger charge is -2.24. The largest absolute Gasteiger partial charge is 0.361 e. The Hall–Kier alpha value is -5.05. The van der Waals surface area contributed by atoms with Crippen LogP contribution in [-0.4, -0.2) is 96.6 Å². The first-order valence-corrected chi connectivity index (χ1v) is 25.5. The average Bonchev–Trinajstić information content (AvgIpc) is 4.09. The predicted molar refractivity (Wildman–Crippen MR) is 240 cm³/mol. The summed E-state index contributed by atoms with van der Waals surface area (Å²) in [4.78, 5) is 15.9. The van der Waals surface area contributed by atoms with Crippen LogP contribution in [0.3, 0.4) is 0 Å². The summed E-state index contributed by atoms with van der Waals surface area (Å²) in [5.41, 5.74) is 3.69. The number of hydrogen-bond donors (Lipinski definition) is 2. The highest BCUT2D eigenvalue weighted by atomic mass is 32.2. The summed E-state index contributed by atoms with van der Waals surface area (Å²) >= 11 is 0. The molecule has 0 aliphatic carbocycles. The first-order chi connectivity index (χ1) is 29.8. The van der Waals surface area contributed by atoms with Crippen LogP contribution in [0.1, 0.15) is 92.0 Å². The zero-order valence-corrected chi connectivity index (χ0v) is 36.9. The van der Waals surface area contributed by atoms with E-state index in [0.29, 0.717) is 55.5 Å². The van der Waals surface area contributed by atoms with Gasteiger partial charge in [0.1, 0.15) is 23.6 Å². The molecule has 0 spiro atoms. The van der Waals surface area contributed by atoms with E-state index in [1.54, 1.807) is 8.61 Å². The molecule has 6 heterocycles. The third-order valence-corrected chi connectivity index (χ3v) is 16.8. The maximum absolute atomic E-state index is 12.7. The third kappa shape index (κ3) is 12.0. The van der Waals surface area contributed by atoms with E-state index in [2.05, 4.69) is 25.7 Å². The molecule has 3 fully saturated rings. The molecule has 0 saturated carbocycles. The van der Waals surface area contributed by atoms with Crippen LogP contribution in [0.5, 0.6) is 0 Å². The quantitative estimate of drug-likeness (QED) is 0.153. The van der Waals surface area contributed by atoms with E-state index in [9.17, 15) is 30.0 Å². The van der Waals surface area contributed by atoms with E-state index in [0.717, 1.165) is 48.8 Å². The van der Waals surface area contributed by atoms with Gasteiger partial charge in [-0.15, -0.1) is 0 Å². The fraction of sp³-hybridized carbons (Fsp3) is 0.409. The van der Waals surface area contributed by atoms with Gasteiger partial charge in [0.25, 0.3) is 0 Å². The molecule has 338 valence electrons. The topological polar surface area (TPSA) is 209 Å². The van der Waals surface area contributed by atoms with E-state index < -0.39 is 30.1 Å². The van der Waals surface area contributed by atoms with Crippen molar-refractivity contribution in [2.75, 3.05) is 26.2 Å². The minimum atomic E-state index is -3.41. The van der Waals surface area contributed by atoms with Gasteiger partial charge in [-0.05, 0) is 62.1 Å². The maximum Gasteiger partial charge on any atom is 0.248 e. The van der Waals surface area contributed by atoms with Crippen LogP contribution in [0.15, 0.2) is 120 Å². The summed E-state index contributed by atoms with van der Waals surface area (Å²) in [6.07, 6.45) is 8.00. The smallest absolute Gasteiger partial charge is 0.248 e. The molecule has 0 radical (unpaired) electrons. The Morgan fingerprint density at radius 2 is 1.10 bits per heavy atom. The molecular formula is C44H56N8O8S3. The monoisotopic (exact) mass is 920 g/mol. The molecule has 2 aromatic heterocycles. The first-order valence-electron chi connectivity index (χ1n) is 20.7. The van der Waals surface area contributed by atoms with Crippen molar-refractivity contribution < 1.29 is 34.6 Å². The molecule has 3 atom stereocenters. The molecule has 9 rings (SSSR count). The highest BCUT2D eigenvalue weighted by molar-refractivity contribution is 7.88. The Morgan fingerprint density at radius 1 is 0.651 bits per heavy atom. The molecule has 0 bridgehead atoms. The number of carbonyl (C=O) groups excluding carboxylic acids is 1. The van der Waals surface area contributed by atoms with Crippen LogP contribution < -0.4 is 5.32 Å². The number of nitrogens with zero attached hydrogens (tertiary/aromatic N) is 6. The van der Waals surface area contributed by atoms with Crippen molar-refractivity contribution in [2.24, 2.45) is 0 Å². The summed E-state index contributed by atoms with van der Waals surface area (Å²) in [5, 5.41) is 13.3. The Kier molecular flexibility index (Phi) is 15.9. The van der Waals surface area contributed by atoms with Gasteiger partial charge in [0.15, 0.2) is 0 Å². The SMILES string of the molecule is C.Cc1cc(C2CCCN2S(=O)(=O)Cc2ccccc2)no1.O=C1NCC=C1C1CCCN1S(=O)(=O)Cc1ccccc1.O=S(=O)(Cc1ccccc1)N1CCCC1c1ncn[nH]1. The highest BCUT2D eigenvalue weighted by Gasteiger charge is 2.40. The standard InChI is InChI=1S/2C15H18N2O3S.C13H16N4O2S.CH4/c1-12-10-14(16-20-12)15-8-5-9-17(15)21(18,19)11-13-6-3-2-4-7-13;18-15-13(8-9-16-15)14-7-4-10-17(14)21(19,20)11-12-5-2-1-3-6-12;18-20(19,9-11-5-2-1-3-6-11)17-8-4-7-12(17)13-14-10-15-16-13;/h2-4,6-7,10,15H,5,8-9,11H2,1H3;1-3,5-6,8,14H,4,7,9-11H2,(H,16,18);1-3,5-6,10,12H,4,7-9H2,(H,14,15,16);1H4. The summed E-state index contributed by atoms with van der Waals surface area (Å²) in [6, 6.07) is 28.8. The lowest BCUT2D eigenvalue weighted by atomic mass is 10.1. The maximum atomic E-state index is 12.7. The van der Waals surface area contributed by atoms with Crippen LogP contribution >= 0.6 is 0 Å². The van der Waals surface area contributed by atoms with Gasteiger partial charge in [-0.2, -0.15) is 18.0 Å². The van der Waals surface area contributed by atoms with Crippen LogP contribution in [-0.2, 0) is 52.1 Å². The number of aromatic amines is 1. The molecule has 3 aromatic carbocycles. The lowest BCUT2D eigenvalue weighted by Crippen LogP contribution is -2.39. The minimum Gasteiger partial charge on any atom is -0.361 e.